The van der Waals surface area contributed by atoms with Gasteiger partial charge in [0.2, 0.25) is 10.0 Å². The Kier molecular flexibility index (Phi) is 4.41. The maximum absolute atomic E-state index is 11.4. The molecule has 0 bridgehead atoms. The molecule has 0 atom stereocenters. The Morgan fingerprint density at radius 1 is 1.19 bits per heavy atom. The molecule has 0 aromatic carbocycles. The van der Waals surface area contributed by atoms with E-state index in [2.05, 4.69) is 20.8 Å². The van der Waals surface area contributed by atoms with E-state index in [9.17, 15) is 8.42 Å². The topological polar surface area (TPSA) is 37.4 Å². The lowest BCUT2D eigenvalue weighted by Gasteiger charge is -2.41. The van der Waals surface area contributed by atoms with Crippen molar-refractivity contribution in [3.63, 3.8) is 0 Å². The first-order valence-electron chi connectivity index (χ1n) is 6.28. The molecule has 3 nitrogen and oxygen atoms in total. The SMILES string of the molecule is CCC(C)(CC)C1CCN(S(C)(=O)=O)CC1. The van der Waals surface area contributed by atoms with Crippen LogP contribution in [0, 0.1) is 11.3 Å². The third-order valence-electron chi connectivity index (χ3n) is 4.52. The van der Waals surface area contributed by atoms with Crippen LogP contribution in [0.15, 0.2) is 0 Å². The number of hydrogen-bond acceptors (Lipinski definition) is 2. The molecule has 1 aliphatic heterocycles. The molecule has 0 spiro atoms. The van der Waals surface area contributed by atoms with Crippen LogP contribution in [-0.2, 0) is 10.0 Å². The van der Waals surface area contributed by atoms with Crippen LogP contribution in [0.1, 0.15) is 46.5 Å². The number of piperidine rings is 1. The van der Waals surface area contributed by atoms with Crippen LogP contribution in [0.2, 0.25) is 0 Å². The molecular formula is C12H25NO2S. The fourth-order valence-electron chi connectivity index (χ4n) is 2.71. The summed E-state index contributed by atoms with van der Waals surface area (Å²) in [5, 5.41) is 0. The van der Waals surface area contributed by atoms with Crippen molar-refractivity contribution in [2.24, 2.45) is 11.3 Å². The van der Waals surface area contributed by atoms with E-state index < -0.39 is 10.0 Å². The van der Waals surface area contributed by atoms with Crippen LogP contribution >= 0.6 is 0 Å². The Labute approximate surface area is 100 Å². The fourth-order valence-corrected chi connectivity index (χ4v) is 3.59. The van der Waals surface area contributed by atoms with Gasteiger partial charge in [0, 0.05) is 13.1 Å². The molecule has 0 amide bonds. The molecule has 1 saturated heterocycles. The van der Waals surface area contributed by atoms with Gasteiger partial charge in [0.25, 0.3) is 0 Å². The van der Waals surface area contributed by atoms with Crippen LogP contribution in [0.25, 0.3) is 0 Å². The minimum atomic E-state index is -2.97. The minimum absolute atomic E-state index is 0.392. The smallest absolute Gasteiger partial charge is 0.211 e. The maximum Gasteiger partial charge on any atom is 0.211 e. The van der Waals surface area contributed by atoms with E-state index in [4.69, 9.17) is 0 Å². The molecule has 0 radical (unpaired) electrons. The lowest BCUT2D eigenvalue weighted by atomic mass is 9.69. The summed E-state index contributed by atoms with van der Waals surface area (Å²) in [6.45, 7) is 8.24. The summed E-state index contributed by atoms with van der Waals surface area (Å²) in [4.78, 5) is 0. The van der Waals surface area contributed by atoms with Gasteiger partial charge >= 0.3 is 0 Å². The van der Waals surface area contributed by atoms with Crippen molar-refractivity contribution in [2.45, 2.75) is 46.5 Å². The van der Waals surface area contributed by atoms with Crippen molar-refractivity contribution in [3.05, 3.63) is 0 Å². The number of nitrogens with zero attached hydrogens (tertiary/aromatic N) is 1. The van der Waals surface area contributed by atoms with Crippen molar-refractivity contribution in [1.82, 2.24) is 4.31 Å². The molecule has 4 heteroatoms. The van der Waals surface area contributed by atoms with Gasteiger partial charge < -0.3 is 0 Å². The Balaban J connectivity index is 2.62. The van der Waals surface area contributed by atoms with E-state index in [-0.39, 0.29) is 0 Å². The molecular weight excluding hydrogens is 222 g/mol. The molecule has 16 heavy (non-hydrogen) atoms. The van der Waals surface area contributed by atoms with E-state index in [1.54, 1.807) is 4.31 Å². The molecule has 1 fully saturated rings. The third kappa shape index (κ3) is 2.98. The van der Waals surface area contributed by atoms with Crippen LogP contribution in [0.4, 0.5) is 0 Å². The molecule has 0 saturated carbocycles. The summed E-state index contributed by atoms with van der Waals surface area (Å²) in [6.07, 6.45) is 5.72. The zero-order valence-corrected chi connectivity index (χ0v) is 11.8. The lowest BCUT2D eigenvalue weighted by Crippen LogP contribution is -2.42. The number of rotatable bonds is 4. The van der Waals surface area contributed by atoms with Gasteiger partial charge in [-0.05, 0) is 24.2 Å². The Bertz CT molecular complexity index is 312. The summed E-state index contributed by atoms with van der Waals surface area (Å²) < 4.78 is 24.4. The van der Waals surface area contributed by atoms with Gasteiger partial charge in [-0.15, -0.1) is 0 Å². The van der Waals surface area contributed by atoms with Crippen molar-refractivity contribution in [3.8, 4) is 0 Å². The van der Waals surface area contributed by atoms with Crippen LogP contribution in [0.5, 0.6) is 0 Å². The average molecular weight is 247 g/mol. The average Bonchev–Trinajstić information content (AvgIpc) is 2.27. The van der Waals surface area contributed by atoms with Crippen LogP contribution in [-0.4, -0.2) is 32.1 Å². The standard InChI is InChI=1S/C12H25NO2S/c1-5-12(3,6-2)11-7-9-13(10-8-11)16(4,14)15/h11H,5-10H2,1-4H3. The van der Waals surface area contributed by atoms with Crippen LogP contribution in [0.3, 0.4) is 0 Å². The molecule has 1 aliphatic rings. The Morgan fingerprint density at radius 2 is 1.62 bits per heavy atom. The predicted octanol–water partition coefficient (Wildman–Crippen LogP) is 2.48. The molecule has 0 unspecified atom stereocenters. The van der Waals surface area contributed by atoms with Gasteiger partial charge in [0.1, 0.15) is 0 Å². The monoisotopic (exact) mass is 247 g/mol. The molecule has 1 heterocycles. The van der Waals surface area contributed by atoms with Gasteiger partial charge in [-0.1, -0.05) is 33.6 Å². The molecule has 0 aromatic rings. The highest BCUT2D eigenvalue weighted by atomic mass is 32.2. The summed E-state index contributed by atoms with van der Waals surface area (Å²) >= 11 is 0. The maximum atomic E-state index is 11.4. The normalized spacial score (nSPS) is 21.2. The van der Waals surface area contributed by atoms with E-state index in [1.807, 2.05) is 0 Å². The van der Waals surface area contributed by atoms with Crippen LogP contribution < -0.4 is 0 Å². The van der Waals surface area contributed by atoms with Gasteiger partial charge in [-0.3, -0.25) is 0 Å². The quantitative estimate of drug-likeness (QED) is 0.765. The molecule has 96 valence electrons. The zero-order chi connectivity index (χ0) is 12.4. The second kappa shape index (κ2) is 5.05. The van der Waals surface area contributed by atoms with Crippen molar-refractivity contribution in [2.75, 3.05) is 19.3 Å². The van der Waals surface area contributed by atoms with Gasteiger partial charge in [0.15, 0.2) is 0 Å². The highest BCUT2D eigenvalue weighted by Gasteiger charge is 2.35. The summed E-state index contributed by atoms with van der Waals surface area (Å²) in [7, 11) is -2.97. The fraction of sp³-hybridized carbons (Fsp3) is 1.00. The second-order valence-corrected chi connectivity index (χ2v) is 7.28. The highest BCUT2D eigenvalue weighted by molar-refractivity contribution is 7.88. The van der Waals surface area contributed by atoms with Crippen molar-refractivity contribution in [1.29, 1.82) is 0 Å². The molecule has 0 aromatic heterocycles. The van der Waals surface area contributed by atoms with Gasteiger partial charge in [-0.25, -0.2) is 12.7 Å². The first kappa shape index (κ1) is 14.0. The van der Waals surface area contributed by atoms with Crippen molar-refractivity contribution >= 4 is 10.0 Å². The zero-order valence-electron chi connectivity index (χ0n) is 11.0. The summed E-state index contributed by atoms with van der Waals surface area (Å²) in [5.41, 5.74) is 0.392. The Hall–Kier alpha value is -0.0900. The van der Waals surface area contributed by atoms with Crippen molar-refractivity contribution < 1.29 is 8.42 Å². The molecule has 0 aliphatic carbocycles. The number of hydrogen-bond donors (Lipinski definition) is 0. The second-order valence-electron chi connectivity index (χ2n) is 5.30. The largest absolute Gasteiger partial charge is 0.213 e. The summed E-state index contributed by atoms with van der Waals surface area (Å²) in [5.74, 6) is 0.681. The number of sulfonamides is 1. The van der Waals surface area contributed by atoms with Gasteiger partial charge in [0.05, 0.1) is 6.26 Å². The lowest BCUT2D eigenvalue weighted by molar-refractivity contribution is 0.109. The highest BCUT2D eigenvalue weighted by Crippen LogP contribution is 2.40. The van der Waals surface area contributed by atoms with E-state index in [0.29, 0.717) is 24.4 Å². The summed E-state index contributed by atoms with van der Waals surface area (Å²) in [6, 6.07) is 0. The first-order valence-corrected chi connectivity index (χ1v) is 8.13. The predicted molar refractivity (Wildman–Crippen MR) is 67.8 cm³/mol. The first-order chi connectivity index (χ1) is 7.33. The molecule has 1 rings (SSSR count). The minimum Gasteiger partial charge on any atom is -0.213 e. The third-order valence-corrected chi connectivity index (χ3v) is 5.83. The van der Waals surface area contributed by atoms with E-state index >= 15 is 0 Å². The van der Waals surface area contributed by atoms with Gasteiger partial charge in [-0.2, -0.15) is 0 Å². The van der Waals surface area contributed by atoms with E-state index in [1.165, 1.54) is 19.1 Å². The van der Waals surface area contributed by atoms with E-state index in [0.717, 1.165) is 12.8 Å². The Morgan fingerprint density at radius 3 is 1.94 bits per heavy atom. The molecule has 0 N–H and O–H groups in total.